The molecule has 0 atom stereocenters. The van der Waals surface area contributed by atoms with Crippen molar-refractivity contribution in [2.24, 2.45) is 0 Å². The molecule has 0 aliphatic carbocycles. The number of thioether (sulfide) groups is 1. The number of benzene rings is 2. The molecule has 9 heteroatoms. The molecule has 2 aromatic carbocycles. The second-order valence-corrected chi connectivity index (χ2v) is 6.70. The quantitative estimate of drug-likeness (QED) is 0.428. The Morgan fingerprint density at radius 2 is 2.04 bits per heavy atom. The highest BCUT2D eigenvalue weighted by atomic mass is 35.5. The maximum absolute atomic E-state index is 14.0. The van der Waals surface area contributed by atoms with Gasteiger partial charge >= 0.3 is 0 Å². The van der Waals surface area contributed by atoms with Crippen LogP contribution in [0.5, 0.6) is 0 Å². The Balaban J connectivity index is 1.83. The minimum Gasteiger partial charge on any atom is -0.268 e. The van der Waals surface area contributed by atoms with Gasteiger partial charge in [-0.15, -0.1) is 0 Å². The van der Waals surface area contributed by atoms with Gasteiger partial charge in [-0.25, -0.2) is 19.0 Å². The van der Waals surface area contributed by atoms with Gasteiger partial charge < -0.3 is 0 Å². The zero-order valence-electron chi connectivity index (χ0n) is 13.2. The first kappa shape index (κ1) is 16.7. The largest absolute Gasteiger partial charge is 0.269 e. The first-order chi connectivity index (χ1) is 12.6. The third-order valence-corrected chi connectivity index (χ3v) is 5.09. The van der Waals surface area contributed by atoms with Gasteiger partial charge in [-0.05, 0) is 24.3 Å². The molecule has 0 aliphatic rings. The first-order valence-electron chi connectivity index (χ1n) is 7.58. The van der Waals surface area contributed by atoms with E-state index in [2.05, 4.69) is 20.2 Å². The number of hydrogen-bond acceptors (Lipinski definition) is 5. The maximum Gasteiger partial charge on any atom is 0.269 e. The smallest absolute Gasteiger partial charge is 0.268 e. The Morgan fingerprint density at radius 1 is 1.19 bits per heavy atom. The van der Waals surface area contributed by atoms with Gasteiger partial charge in [0.2, 0.25) is 5.95 Å². The molecule has 0 bridgehead atoms. The predicted octanol–water partition coefficient (Wildman–Crippen LogP) is 3.59. The summed E-state index contributed by atoms with van der Waals surface area (Å²) in [5.41, 5.74) is 0.621. The van der Waals surface area contributed by atoms with E-state index in [1.807, 2.05) is 0 Å². The molecule has 0 saturated heterocycles. The molecule has 4 rings (SSSR count). The number of rotatable bonds is 4. The molecular weight excluding hydrogens is 377 g/mol. The van der Waals surface area contributed by atoms with Crippen molar-refractivity contribution >= 4 is 34.3 Å². The van der Waals surface area contributed by atoms with E-state index in [0.717, 1.165) is 0 Å². The molecule has 0 amide bonds. The summed E-state index contributed by atoms with van der Waals surface area (Å²) in [5.74, 6) is 0.0551. The van der Waals surface area contributed by atoms with Gasteiger partial charge in [-0.1, -0.05) is 41.6 Å². The molecule has 0 saturated carbocycles. The van der Waals surface area contributed by atoms with Crippen molar-refractivity contribution in [1.82, 2.24) is 24.7 Å². The number of aromatic nitrogens is 5. The van der Waals surface area contributed by atoms with Crippen LogP contribution in [0.15, 0.2) is 58.7 Å². The second kappa shape index (κ2) is 6.89. The standard InChI is InChI=1S/C17H11ClFN5OS/c18-12-5-3-6-13(19)11(12)8-26-17-22-14-7-2-1-4-10(14)15(25)24(17)16-20-9-21-23-16/h1-7,9H,8H2,(H,20,21,23). The van der Waals surface area contributed by atoms with Gasteiger partial charge in [0.1, 0.15) is 12.1 Å². The van der Waals surface area contributed by atoms with E-state index in [9.17, 15) is 9.18 Å². The monoisotopic (exact) mass is 387 g/mol. The van der Waals surface area contributed by atoms with Crippen molar-refractivity contribution in [3.63, 3.8) is 0 Å². The lowest BCUT2D eigenvalue weighted by molar-refractivity contribution is 0.617. The number of nitrogens with zero attached hydrogens (tertiary/aromatic N) is 4. The highest BCUT2D eigenvalue weighted by Crippen LogP contribution is 2.28. The normalized spacial score (nSPS) is 11.2. The summed E-state index contributed by atoms with van der Waals surface area (Å²) in [6, 6.07) is 11.5. The number of para-hydroxylation sites is 1. The predicted molar refractivity (Wildman–Crippen MR) is 98.3 cm³/mol. The summed E-state index contributed by atoms with van der Waals surface area (Å²) in [4.78, 5) is 21.5. The summed E-state index contributed by atoms with van der Waals surface area (Å²) in [5, 5.41) is 7.61. The van der Waals surface area contributed by atoms with Crippen LogP contribution in [0.25, 0.3) is 16.9 Å². The summed E-state index contributed by atoms with van der Waals surface area (Å²) in [6.45, 7) is 0. The fourth-order valence-electron chi connectivity index (χ4n) is 2.51. The summed E-state index contributed by atoms with van der Waals surface area (Å²) in [7, 11) is 0. The molecule has 0 aliphatic heterocycles. The third kappa shape index (κ3) is 2.97. The van der Waals surface area contributed by atoms with E-state index >= 15 is 0 Å². The zero-order valence-corrected chi connectivity index (χ0v) is 14.8. The SMILES string of the molecule is O=c1c2ccccc2nc(SCc2c(F)cccc2Cl)n1-c1ncn[nH]1. The Kier molecular flexibility index (Phi) is 4.44. The highest BCUT2D eigenvalue weighted by Gasteiger charge is 2.16. The fourth-order valence-corrected chi connectivity index (χ4v) is 3.85. The lowest BCUT2D eigenvalue weighted by Crippen LogP contribution is -2.22. The van der Waals surface area contributed by atoms with Crippen molar-refractivity contribution in [1.29, 1.82) is 0 Å². The molecular formula is C17H11ClFN5OS. The second-order valence-electron chi connectivity index (χ2n) is 5.35. The highest BCUT2D eigenvalue weighted by molar-refractivity contribution is 7.98. The van der Waals surface area contributed by atoms with Crippen LogP contribution in [0.4, 0.5) is 4.39 Å². The van der Waals surface area contributed by atoms with Crippen molar-refractivity contribution in [2.45, 2.75) is 10.9 Å². The summed E-state index contributed by atoms with van der Waals surface area (Å²) >= 11 is 7.29. The molecule has 1 N–H and O–H groups in total. The molecule has 0 spiro atoms. The van der Waals surface area contributed by atoms with Crippen molar-refractivity contribution in [2.75, 3.05) is 0 Å². The Morgan fingerprint density at radius 3 is 2.81 bits per heavy atom. The van der Waals surface area contributed by atoms with Crippen LogP contribution in [0, 0.1) is 5.82 Å². The topological polar surface area (TPSA) is 76.5 Å². The minimum atomic E-state index is -0.403. The van der Waals surface area contributed by atoms with Gasteiger partial charge in [0.25, 0.3) is 5.56 Å². The molecule has 4 aromatic rings. The summed E-state index contributed by atoms with van der Waals surface area (Å²) in [6.07, 6.45) is 1.30. The summed E-state index contributed by atoms with van der Waals surface area (Å²) < 4.78 is 15.4. The minimum absolute atomic E-state index is 0.213. The number of H-pyrrole nitrogens is 1. The van der Waals surface area contributed by atoms with Crippen LogP contribution in [0.2, 0.25) is 5.02 Å². The molecule has 26 heavy (non-hydrogen) atoms. The average Bonchev–Trinajstić information content (AvgIpc) is 3.15. The fraction of sp³-hybridized carbons (Fsp3) is 0.0588. The van der Waals surface area contributed by atoms with E-state index in [1.165, 1.54) is 28.7 Å². The number of aromatic amines is 1. The van der Waals surface area contributed by atoms with Crippen molar-refractivity contribution in [3.05, 3.63) is 75.5 Å². The molecule has 0 fully saturated rings. The van der Waals surface area contributed by atoms with Gasteiger partial charge in [-0.2, -0.15) is 10.1 Å². The van der Waals surface area contributed by atoms with Crippen LogP contribution < -0.4 is 5.56 Å². The van der Waals surface area contributed by atoms with Crippen molar-refractivity contribution < 1.29 is 4.39 Å². The first-order valence-corrected chi connectivity index (χ1v) is 8.95. The molecule has 2 heterocycles. The van der Waals surface area contributed by atoms with E-state index in [-0.39, 0.29) is 17.3 Å². The van der Waals surface area contributed by atoms with Crippen LogP contribution in [-0.4, -0.2) is 24.7 Å². The zero-order chi connectivity index (χ0) is 18.1. The van der Waals surface area contributed by atoms with Crippen LogP contribution in [-0.2, 0) is 5.75 Å². The molecule has 130 valence electrons. The van der Waals surface area contributed by atoms with Crippen LogP contribution in [0.1, 0.15) is 5.56 Å². The van der Waals surface area contributed by atoms with E-state index in [1.54, 1.807) is 36.4 Å². The third-order valence-electron chi connectivity index (χ3n) is 3.77. The average molecular weight is 388 g/mol. The van der Waals surface area contributed by atoms with Crippen LogP contribution >= 0.6 is 23.4 Å². The molecule has 2 aromatic heterocycles. The van der Waals surface area contributed by atoms with Gasteiger partial charge in [0, 0.05) is 16.3 Å². The number of fused-ring (bicyclic) bond motifs is 1. The number of nitrogens with one attached hydrogen (secondary N) is 1. The van der Waals surface area contributed by atoms with Crippen LogP contribution in [0.3, 0.4) is 0 Å². The van der Waals surface area contributed by atoms with E-state index < -0.39 is 5.82 Å². The van der Waals surface area contributed by atoms with Gasteiger partial charge in [0.05, 0.1) is 10.9 Å². The molecule has 0 radical (unpaired) electrons. The number of halogens is 2. The van der Waals surface area contributed by atoms with E-state index in [4.69, 9.17) is 11.6 Å². The van der Waals surface area contributed by atoms with E-state index in [0.29, 0.717) is 26.6 Å². The van der Waals surface area contributed by atoms with Crippen molar-refractivity contribution in [3.8, 4) is 5.95 Å². The Labute approximate surface area is 156 Å². The lowest BCUT2D eigenvalue weighted by Gasteiger charge is -2.11. The molecule has 0 unspecified atom stereocenters. The number of hydrogen-bond donors (Lipinski definition) is 1. The van der Waals surface area contributed by atoms with Gasteiger partial charge in [0.15, 0.2) is 5.16 Å². The van der Waals surface area contributed by atoms with Gasteiger partial charge in [-0.3, -0.25) is 4.79 Å². The Bertz CT molecular complexity index is 1130. The molecule has 6 nitrogen and oxygen atoms in total. The lowest BCUT2D eigenvalue weighted by atomic mass is 10.2. The maximum atomic E-state index is 14.0. The Hall–Kier alpha value is -2.71.